The topological polar surface area (TPSA) is 99.2 Å². The smallest absolute Gasteiger partial charge is 0.262 e. The van der Waals surface area contributed by atoms with Crippen molar-refractivity contribution < 1.29 is 5.11 Å². The van der Waals surface area contributed by atoms with E-state index in [0.29, 0.717) is 12.1 Å². The maximum atomic E-state index is 9.17. The van der Waals surface area contributed by atoms with Gasteiger partial charge in [-0.1, -0.05) is 18.2 Å². The molecule has 2 rings (SSSR count). The molecule has 0 aliphatic rings. The number of benzene rings is 1. The third-order valence-electron chi connectivity index (χ3n) is 4.50. The van der Waals surface area contributed by atoms with Crippen LogP contribution < -0.4 is 4.90 Å². The number of aliphatic hydroxyl groups excluding tert-OH is 1. The molecule has 1 aromatic carbocycles. The molecule has 2 aromatic rings. The van der Waals surface area contributed by atoms with Gasteiger partial charge >= 0.3 is 0 Å². The quantitative estimate of drug-likeness (QED) is 0.312. The standard InChI is InChI=1S/C26H21N5OS/c1-3-31(12-13-32)24-7-4-20(5-8-24)6-9-25-10-11-26(33-25)16-21(14-22(17-27)18-28)15-23(19-29)30-2/h4-11,14-16,32H,3,12-13H2,1H3. The number of allylic oxidation sites excluding steroid dienone is 5. The van der Waals surface area contributed by atoms with Gasteiger partial charge in [-0.15, -0.1) is 11.3 Å². The molecule has 0 aliphatic carbocycles. The summed E-state index contributed by atoms with van der Waals surface area (Å²) in [6, 6.07) is 17.3. The first-order valence-electron chi connectivity index (χ1n) is 10.0. The van der Waals surface area contributed by atoms with E-state index in [0.717, 1.165) is 27.5 Å². The van der Waals surface area contributed by atoms with Gasteiger partial charge in [-0.3, -0.25) is 0 Å². The van der Waals surface area contributed by atoms with Crippen LogP contribution in [0, 0.1) is 40.6 Å². The maximum absolute atomic E-state index is 9.17. The molecule has 0 amide bonds. The molecule has 1 aromatic heterocycles. The van der Waals surface area contributed by atoms with Gasteiger partial charge in [0.05, 0.1) is 19.2 Å². The van der Waals surface area contributed by atoms with Gasteiger partial charge in [-0.05, 0) is 66.6 Å². The first kappa shape index (κ1) is 24.9. The summed E-state index contributed by atoms with van der Waals surface area (Å²) in [4.78, 5) is 7.09. The lowest BCUT2D eigenvalue weighted by molar-refractivity contribution is 0.302. The van der Waals surface area contributed by atoms with E-state index in [-0.39, 0.29) is 17.9 Å². The summed E-state index contributed by atoms with van der Waals surface area (Å²) in [5.41, 5.74) is 2.29. The Morgan fingerprint density at radius 1 is 1.03 bits per heavy atom. The van der Waals surface area contributed by atoms with Crippen LogP contribution in [0.3, 0.4) is 0 Å². The molecule has 7 heteroatoms. The van der Waals surface area contributed by atoms with Crippen LogP contribution in [0.4, 0.5) is 5.69 Å². The number of thiophene rings is 1. The van der Waals surface area contributed by atoms with Crippen molar-refractivity contribution in [2.24, 2.45) is 0 Å². The highest BCUT2D eigenvalue weighted by Gasteiger charge is 2.03. The second-order valence-corrected chi connectivity index (χ2v) is 7.79. The largest absolute Gasteiger partial charge is 0.395 e. The second-order valence-electron chi connectivity index (χ2n) is 6.65. The van der Waals surface area contributed by atoms with Gasteiger partial charge in [0.2, 0.25) is 0 Å². The fourth-order valence-corrected chi connectivity index (χ4v) is 3.77. The molecule has 0 bridgehead atoms. The molecular formula is C26H21N5OS. The molecule has 1 N–H and O–H groups in total. The number of nitriles is 3. The Labute approximate surface area is 198 Å². The molecule has 0 aliphatic heterocycles. The number of rotatable bonds is 9. The van der Waals surface area contributed by atoms with E-state index >= 15 is 0 Å². The van der Waals surface area contributed by atoms with E-state index in [4.69, 9.17) is 27.5 Å². The minimum absolute atomic E-state index is 0.111. The highest BCUT2D eigenvalue weighted by atomic mass is 32.1. The number of hydrogen-bond acceptors (Lipinski definition) is 6. The lowest BCUT2D eigenvalue weighted by atomic mass is 10.1. The highest BCUT2D eigenvalue weighted by molar-refractivity contribution is 7.13. The van der Waals surface area contributed by atoms with Crippen molar-refractivity contribution in [1.82, 2.24) is 0 Å². The Morgan fingerprint density at radius 3 is 2.30 bits per heavy atom. The number of hydrogen-bond donors (Lipinski definition) is 1. The molecule has 1 heterocycles. The van der Waals surface area contributed by atoms with Crippen LogP contribution in [-0.2, 0) is 0 Å². The van der Waals surface area contributed by atoms with Crippen molar-refractivity contribution in [3.05, 3.63) is 92.1 Å². The second kappa shape index (κ2) is 13.1. The number of anilines is 1. The molecule has 162 valence electrons. The first-order valence-corrected chi connectivity index (χ1v) is 10.8. The Kier molecular flexibility index (Phi) is 9.88. The van der Waals surface area contributed by atoms with Crippen LogP contribution >= 0.6 is 11.3 Å². The van der Waals surface area contributed by atoms with Crippen LogP contribution in [0.1, 0.15) is 22.2 Å². The van der Waals surface area contributed by atoms with Gasteiger partial charge in [0.15, 0.2) is 0 Å². The zero-order valence-electron chi connectivity index (χ0n) is 18.1. The zero-order valence-corrected chi connectivity index (χ0v) is 18.9. The fraction of sp³-hybridized carbons (Fsp3) is 0.154. The van der Waals surface area contributed by atoms with Crippen molar-refractivity contribution in [3.63, 3.8) is 0 Å². The van der Waals surface area contributed by atoms with Crippen LogP contribution in [-0.4, -0.2) is 24.8 Å². The van der Waals surface area contributed by atoms with E-state index in [2.05, 4.69) is 9.74 Å². The molecule has 6 nitrogen and oxygen atoms in total. The van der Waals surface area contributed by atoms with Crippen LogP contribution in [0.2, 0.25) is 0 Å². The summed E-state index contributed by atoms with van der Waals surface area (Å²) >= 11 is 1.50. The maximum Gasteiger partial charge on any atom is 0.262 e. The summed E-state index contributed by atoms with van der Waals surface area (Å²) in [5.74, 6) is 0. The van der Waals surface area contributed by atoms with Gasteiger partial charge in [0, 0.05) is 28.5 Å². The highest BCUT2D eigenvalue weighted by Crippen LogP contribution is 2.24. The average molecular weight is 452 g/mol. The minimum Gasteiger partial charge on any atom is -0.395 e. The predicted molar refractivity (Wildman–Crippen MR) is 132 cm³/mol. The van der Waals surface area contributed by atoms with Gasteiger partial charge in [-0.25, -0.2) is 10.1 Å². The van der Waals surface area contributed by atoms with Crippen molar-refractivity contribution in [1.29, 1.82) is 15.8 Å². The van der Waals surface area contributed by atoms with Crippen molar-refractivity contribution in [2.45, 2.75) is 6.92 Å². The Morgan fingerprint density at radius 2 is 1.73 bits per heavy atom. The van der Waals surface area contributed by atoms with E-state index in [1.54, 1.807) is 24.3 Å². The molecular weight excluding hydrogens is 430 g/mol. The molecule has 0 radical (unpaired) electrons. The van der Waals surface area contributed by atoms with E-state index in [1.165, 1.54) is 23.5 Å². The number of likely N-dealkylation sites (N-methyl/N-ethyl adjacent to an activating group) is 1. The van der Waals surface area contributed by atoms with Crippen molar-refractivity contribution >= 4 is 35.3 Å². The average Bonchev–Trinajstić information content (AvgIpc) is 3.30. The number of aliphatic hydroxyl groups is 1. The predicted octanol–water partition coefficient (Wildman–Crippen LogP) is 5.42. The molecule has 0 unspecified atom stereocenters. The van der Waals surface area contributed by atoms with Crippen molar-refractivity contribution in [3.8, 4) is 18.2 Å². The van der Waals surface area contributed by atoms with E-state index < -0.39 is 0 Å². The summed E-state index contributed by atoms with van der Waals surface area (Å²) in [5, 5.41) is 36.3. The van der Waals surface area contributed by atoms with Crippen LogP contribution in [0.25, 0.3) is 23.1 Å². The lowest BCUT2D eigenvalue weighted by Gasteiger charge is -2.21. The molecule has 0 saturated carbocycles. The van der Waals surface area contributed by atoms with Gasteiger partial charge in [-0.2, -0.15) is 10.5 Å². The first-order chi connectivity index (χ1) is 16.1. The van der Waals surface area contributed by atoms with Gasteiger partial charge < -0.3 is 10.0 Å². The van der Waals surface area contributed by atoms with Crippen LogP contribution in [0.15, 0.2) is 65.4 Å². The van der Waals surface area contributed by atoms with Crippen LogP contribution in [0.5, 0.6) is 0 Å². The lowest BCUT2D eigenvalue weighted by Crippen LogP contribution is -2.25. The normalized spacial score (nSPS) is 11.2. The van der Waals surface area contributed by atoms with Gasteiger partial charge in [0.1, 0.15) is 17.7 Å². The summed E-state index contributed by atoms with van der Waals surface area (Å²) < 4.78 is 0. The molecule has 0 spiro atoms. The Bertz CT molecular complexity index is 1180. The third-order valence-corrected chi connectivity index (χ3v) is 5.49. The number of nitrogens with zero attached hydrogens (tertiary/aromatic N) is 5. The monoisotopic (exact) mass is 451 g/mol. The van der Waals surface area contributed by atoms with E-state index in [1.807, 2.05) is 55.5 Å². The summed E-state index contributed by atoms with van der Waals surface area (Å²) in [7, 11) is 0. The van der Waals surface area contributed by atoms with Gasteiger partial charge in [0.25, 0.3) is 5.70 Å². The fourth-order valence-electron chi connectivity index (χ4n) is 2.89. The SMILES string of the molecule is [C-]#[N+]C(C#N)=CC(C=C(C#N)C#N)=Cc1ccc(C=Cc2ccc(N(CC)CCO)cc2)s1. The molecule has 33 heavy (non-hydrogen) atoms. The Balaban J connectivity index is 2.25. The summed E-state index contributed by atoms with van der Waals surface area (Å²) in [6.07, 6.45) is 8.44. The molecule has 0 atom stereocenters. The summed E-state index contributed by atoms with van der Waals surface area (Å²) in [6.45, 7) is 10.6. The third kappa shape index (κ3) is 7.66. The zero-order chi connectivity index (χ0) is 24.1. The molecule has 0 saturated heterocycles. The van der Waals surface area contributed by atoms with E-state index in [9.17, 15) is 0 Å². The Hall–Kier alpha value is -4.40. The molecule has 0 fully saturated rings. The minimum atomic E-state index is -0.131. The van der Waals surface area contributed by atoms with Crippen molar-refractivity contribution in [2.75, 3.05) is 24.6 Å².